The Balaban J connectivity index is 1.44. The van der Waals surface area contributed by atoms with Gasteiger partial charge in [0, 0.05) is 45.3 Å². The lowest BCUT2D eigenvalue weighted by molar-refractivity contribution is 0.248. The van der Waals surface area contributed by atoms with E-state index in [-0.39, 0.29) is 5.82 Å². The topological polar surface area (TPSA) is 94.6 Å². The number of methoxy groups -OCH3 is 2. The maximum Gasteiger partial charge on any atom is 0.228 e. The Labute approximate surface area is 202 Å². The average molecular weight is 478 g/mol. The van der Waals surface area contributed by atoms with Crippen LogP contribution in [0.4, 0.5) is 16.2 Å². The van der Waals surface area contributed by atoms with Crippen LogP contribution in [0.1, 0.15) is 5.56 Å². The van der Waals surface area contributed by atoms with Crippen molar-refractivity contribution in [1.82, 2.24) is 24.6 Å². The molecule has 3 heterocycles. The molecule has 0 bridgehead atoms. The number of nitrogens with zero attached hydrogens (tertiary/aromatic N) is 6. The van der Waals surface area contributed by atoms with Gasteiger partial charge in [0.2, 0.25) is 5.95 Å². The second-order valence-electron chi connectivity index (χ2n) is 8.54. The van der Waals surface area contributed by atoms with Crippen LogP contribution < -0.4 is 20.1 Å². The van der Waals surface area contributed by atoms with E-state index < -0.39 is 0 Å². The van der Waals surface area contributed by atoms with Gasteiger partial charge in [-0.05, 0) is 35.9 Å². The first kappa shape index (κ1) is 22.9. The van der Waals surface area contributed by atoms with Crippen molar-refractivity contribution in [3.05, 3.63) is 53.8 Å². The summed E-state index contributed by atoms with van der Waals surface area (Å²) in [5.74, 6) is 2.14. The number of hydrogen-bond donors (Lipinski definition) is 1. The van der Waals surface area contributed by atoms with E-state index in [0.29, 0.717) is 40.0 Å². The molecule has 35 heavy (non-hydrogen) atoms. The van der Waals surface area contributed by atoms with Crippen molar-refractivity contribution in [1.29, 1.82) is 0 Å². The lowest BCUT2D eigenvalue weighted by Gasteiger charge is -2.34. The lowest BCUT2D eigenvalue weighted by Crippen LogP contribution is -2.46. The minimum atomic E-state index is -0.216. The van der Waals surface area contributed by atoms with Crippen molar-refractivity contribution < 1.29 is 13.9 Å². The highest BCUT2D eigenvalue weighted by molar-refractivity contribution is 5.99. The molecule has 5 rings (SSSR count). The van der Waals surface area contributed by atoms with Crippen LogP contribution in [0.3, 0.4) is 0 Å². The van der Waals surface area contributed by atoms with Crippen molar-refractivity contribution in [2.45, 2.75) is 6.54 Å². The van der Waals surface area contributed by atoms with E-state index in [1.807, 2.05) is 30.3 Å². The van der Waals surface area contributed by atoms with Gasteiger partial charge in [-0.15, -0.1) is 0 Å². The average Bonchev–Trinajstić information content (AvgIpc) is 3.18. The number of fused-ring (bicyclic) bond motifs is 1. The van der Waals surface area contributed by atoms with Crippen LogP contribution >= 0.6 is 0 Å². The summed E-state index contributed by atoms with van der Waals surface area (Å²) in [4.78, 5) is 14.2. The number of aromatic nitrogens is 4. The Morgan fingerprint density at radius 3 is 2.34 bits per heavy atom. The third-order valence-corrected chi connectivity index (χ3v) is 6.36. The summed E-state index contributed by atoms with van der Waals surface area (Å²) in [5, 5.41) is 5.23. The van der Waals surface area contributed by atoms with Gasteiger partial charge < -0.3 is 20.1 Å². The fourth-order valence-electron chi connectivity index (χ4n) is 4.39. The molecule has 1 saturated heterocycles. The van der Waals surface area contributed by atoms with Crippen molar-refractivity contribution >= 4 is 22.8 Å². The predicted molar refractivity (Wildman–Crippen MR) is 133 cm³/mol. The van der Waals surface area contributed by atoms with E-state index in [0.717, 1.165) is 43.9 Å². The van der Waals surface area contributed by atoms with Crippen molar-refractivity contribution in [2.24, 2.45) is 7.05 Å². The number of nitrogen functional groups attached to an aromatic ring is 1. The number of rotatable bonds is 6. The van der Waals surface area contributed by atoms with Crippen LogP contribution in [0.5, 0.6) is 11.5 Å². The highest BCUT2D eigenvalue weighted by Crippen LogP contribution is 2.36. The molecular weight excluding hydrogens is 449 g/mol. The van der Waals surface area contributed by atoms with Gasteiger partial charge in [0.15, 0.2) is 17.1 Å². The molecular formula is C25H28FN7O2. The van der Waals surface area contributed by atoms with Gasteiger partial charge >= 0.3 is 0 Å². The van der Waals surface area contributed by atoms with Crippen LogP contribution in [-0.2, 0) is 13.6 Å². The summed E-state index contributed by atoms with van der Waals surface area (Å²) in [6, 6.07) is 12.3. The highest BCUT2D eigenvalue weighted by atomic mass is 19.1. The summed E-state index contributed by atoms with van der Waals surface area (Å²) in [5.41, 5.74) is 9.54. The van der Waals surface area contributed by atoms with E-state index in [1.165, 1.54) is 12.1 Å². The number of benzene rings is 2. The van der Waals surface area contributed by atoms with Crippen LogP contribution in [0.15, 0.2) is 42.5 Å². The first-order chi connectivity index (χ1) is 17.0. The zero-order valence-electron chi connectivity index (χ0n) is 20.0. The predicted octanol–water partition coefficient (Wildman–Crippen LogP) is 3.09. The molecule has 9 nitrogen and oxygen atoms in total. The van der Waals surface area contributed by atoms with Gasteiger partial charge in [0.1, 0.15) is 11.6 Å². The van der Waals surface area contributed by atoms with E-state index in [1.54, 1.807) is 25.9 Å². The summed E-state index contributed by atoms with van der Waals surface area (Å²) in [6.45, 7) is 3.99. The summed E-state index contributed by atoms with van der Waals surface area (Å²) >= 11 is 0. The number of nitrogens with two attached hydrogens (primary N) is 1. The molecule has 182 valence electrons. The number of halogens is 1. The molecule has 2 aromatic heterocycles. The van der Waals surface area contributed by atoms with Crippen molar-refractivity contribution in [3.63, 3.8) is 0 Å². The molecule has 10 heteroatoms. The SMILES string of the molecule is COc1ccc(-c2nc(N3CCN(Cc4ccc(F)cc4)CC3)nc3nn(C)c(N)c23)cc1OC. The number of anilines is 2. The standard InChI is InChI=1S/C25H28FN7O2/c1-31-23(27)21-22(17-6-9-19(34-2)20(14-17)35-3)28-25(29-24(21)30-31)33-12-10-32(11-13-33)15-16-4-7-18(26)8-5-16/h4-9,14H,10-13,15,27H2,1-3H3. The Bertz CT molecular complexity index is 1350. The van der Waals surface area contributed by atoms with Crippen molar-refractivity contribution in [3.8, 4) is 22.8 Å². The monoisotopic (exact) mass is 477 g/mol. The van der Waals surface area contributed by atoms with Crippen LogP contribution in [-0.4, -0.2) is 65.0 Å². The van der Waals surface area contributed by atoms with E-state index in [4.69, 9.17) is 25.2 Å². The molecule has 0 spiro atoms. The molecule has 0 amide bonds. The number of aryl methyl sites for hydroxylation is 1. The zero-order chi connectivity index (χ0) is 24.5. The van der Waals surface area contributed by atoms with Crippen LogP contribution in [0, 0.1) is 5.82 Å². The largest absolute Gasteiger partial charge is 0.493 e. The molecule has 0 atom stereocenters. The first-order valence-corrected chi connectivity index (χ1v) is 11.4. The first-order valence-electron chi connectivity index (χ1n) is 11.4. The fourth-order valence-corrected chi connectivity index (χ4v) is 4.39. The van der Waals surface area contributed by atoms with E-state index in [2.05, 4.69) is 14.9 Å². The fraction of sp³-hybridized carbons (Fsp3) is 0.320. The summed E-state index contributed by atoms with van der Waals surface area (Å²) < 4.78 is 25.7. The lowest BCUT2D eigenvalue weighted by atomic mass is 10.1. The van der Waals surface area contributed by atoms with Gasteiger partial charge in [-0.2, -0.15) is 10.1 Å². The van der Waals surface area contributed by atoms with Gasteiger partial charge in [-0.25, -0.2) is 9.37 Å². The molecule has 0 radical (unpaired) electrons. The second kappa shape index (κ2) is 9.38. The normalized spacial score (nSPS) is 14.5. The third-order valence-electron chi connectivity index (χ3n) is 6.36. The molecule has 1 aliphatic heterocycles. The summed E-state index contributed by atoms with van der Waals surface area (Å²) in [7, 11) is 5.00. The van der Waals surface area contributed by atoms with Gasteiger partial charge in [0.05, 0.1) is 25.3 Å². The zero-order valence-corrected chi connectivity index (χ0v) is 20.0. The second-order valence-corrected chi connectivity index (χ2v) is 8.54. The van der Waals surface area contributed by atoms with E-state index >= 15 is 0 Å². The molecule has 2 aromatic carbocycles. The molecule has 2 N–H and O–H groups in total. The molecule has 0 unspecified atom stereocenters. The Morgan fingerprint density at radius 2 is 1.66 bits per heavy atom. The third kappa shape index (κ3) is 4.44. The Hall–Kier alpha value is -3.92. The number of piperazine rings is 1. The minimum Gasteiger partial charge on any atom is -0.493 e. The van der Waals surface area contributed by atoms with Gasteiger partial charge in [-0.3, -0.25) is 9.58 Å². The number of ether oxygens (including phenoxy) is 2. The van der Waals surface area contributed by atoms with Crippen LogP contribution in [0.2, 0.25) is 0 Å². The number of hydrogen-bond acceptors (Lipinski definition) is 8. The molecule has 1 fully saturated rings. The minimum absolute atomic E-state index is 0.216. The quantitative estimate of drug-likeness (QED) is 0.453. The Morgan fingerprint density at radius 1 is 0.943 bits per heavy atom. The molecule has 1 aliphatic rings. The maximum atomic E-state index is 13.2. The summed E-state index contributed by atoms with van der Waals surface area (Å²) in [6.07, 6.45) is 0. The Kier molecular flexibility index (Phi) is 6.12. The van der Waals surface area contributed by atoms with Crippen molar-refractivity contribution in [2.75, 3.05) is 51.0 Å². The van der Waals surface area contributed by atoms with E-state index in [9.17, 15) is 4.39 Å². The van der Waals surface area contributed by atoms with Crippen LogP contribution in [0.25, 0.3) is 22.3 Å². The maximum absolute atomic E-state index is 13.2. The smallest absolute Gasteiger partial charge is 0.228 e. The van der Waals surface area contributed by atoms with Gasteiger partial charge in [0.25, 0.3) is 0 Å². The highest BCUT2D eigenvalue weighted by Gasteiger charge is 2.24. The molecule has 0 aliphatic carbocycles. The molecule has 4 aromatic rings. The van der Waals surface area contributed by atoms with Gasteiger partial charge in [-0.1, -0.05) is 12.1 Å². The molecule has 0 saturated carbocycles.